The number of anilines is 1. The van der Waals surface area contributed by atoms with Gasteiger partial charge in [-0.05, 0) is 54.1 Å². The van der Waals surface area contributed by atoms with Crippen LogP contribution < -0.4 is 20.2 Å². The molecule has 0 saturated carbocycles. The van der Waals surface area contributed by atoms with E-state index < -0.39 is 5.97 Å². The van der Waals surface area contributed by atoms with Crippen molar-refractivity contribution in [3.63, 3.8) is 0 Å². The first-order valence-corrected chi connectivity index (χ1v) is 9.22. The maximum atomic E-state index is 12.0. The summed E-state index contributed by atoms with van der Waals surface area (Å²) in [5, 5.41) is 6.92. The lowest BCUT2D eigenvalue weighted by Gasteiger charge is -2.09. The van der Waals surface area contributed by atoms with Crippen LogP contribution in [0.5, 0.6) is 11.5 Å². The molecule has 3 aromatic rings. The molecule has 0 atom stereocenters. The lowest BCUT2D eigenvalue weighted by atomic mass is 10.2. The fourth-order valence-corrected chi connectivity index (χ4v) is 2.55. The average Bonchev–Trinajstić information content (AvgIpc) is 2.79. The van der Waals surface area contributed by atoms with Crippen molar-refractivity contribution < 1.29 is 19.1 Å². The number of carbonyl (C=O) groups excluding carboxylic acids is 2. The molecule has 2 N–H and O–H groups in total. The second kappa shape index (κ2) is 10.4. The Labute approximate surface area is 174 Å². The van der Waals surface area contributed by atoms with E-state index in [0.29, 0.717) is 17.1 Å². The van der Waals surface area contributed by atoms with Crippen molar-refractivity contribution in [2.45, 2.75) is 0 Å². The van der Waals surface area contributed by atoms with E-state index in [2.05, 4.69) is 15.8 Å². The van der Waals surface area contributed by atoms with Crippen LogP contribution in [-0.4, -0.2) is 31.7 Å². The standard InChI is InChI=1S/C23H21N3O4/c1-29-21-10-6-5-9-20(21)24-16-22(27)26-25-15-17-11-13-19(14-12-17)30-23(28)18-7-3-2-4-8-18/h2-15,24H,16H2,1H3,(H,26,27)/b25-15-. The molecule has 3 rings (SSSR count). The summed E-state index contributed by atoms with van der Waals surface area (Å²) in [7, 11) is 1.57. The lowest BCUT2D eigenvalue weighted by Crippen LogP contribution is -2.26. The van der Waals surface area contributed by atoms with Gasteiger partial charge >= 0.3 is 5.97 Å². The Balaban J connectivity index is 1.47. The number of rotatable bonds is 8. The molecule has 0 aromatic heterocycles. The summed E-state index contributed by atoms with van der Waals surface area (Å²) in [5.74, 6) is 0.352. The largest absolute Gasteiger partial charge is 0.495 e. The SMILES string of the molecule is COc1ccccc1NCC(=O)N/N=C\c1ccc(OC(=O)c2ccccc2)cc1. The Morgan fingerprint density at radius 1 is 0.933 bits per heavy atom. The van der Waals surface area contributed by atoms with Gasteiger partial charge in [-0.1, -0.05) is 30.3 Å². The average molecular weight is 403 g/mol. The van der Waals surface area contributed by atoms with Crippen LogP contribution in [0.3, 0.4) is 0 Å². The minimum atomic E-state index is -0.424. The number of esters is 1. The molecular weight excluding hydrogens is 382 g/mol. The van der Waals surface area contributed by atoms with E-state index >= 15 is 0 Å². The van der Waals surface area contributed by atoms with Gasteiger partial charge in [-0.25, -0.2) is 10.2 Å². The first kappa shape index (κ1) is 20.6. The van der Waals surface area contributed by atoms with Gasteiger partial charge in [-0.15, -0.1) is 0 Å². The van der Waals surface area contributed by atoms with Crippen molar-refractivity contribution in [3.05, 3.63) is 90.0 Å². The van der Waals surface area contributed by atoms with E-state index in [1.54, 1.807) is 61.7 Å². The molecule has 0 fully saturated rings. The van der Waals surface area contributed by atoms with Gasteiger partial charge in [-0.2, -0.15) is 5.10 Å². The zero-order chi connectivity index (χ0) is 21.2. The molecule has 0 saturated heterocycles. The summed E-state index contributed by atoms with van der Waals surface area (Å²) < 4.78 is 10.5. The normalized spacial score (nSPS) is 10.4. The zero-order valence-corrected chi connectivity index (χ0v) is 16.4. The van der Waals surface area contributed by atoms with Crippen LogP contribution in [0, 0.1) is 0 Å². The van der Waals surface area contributed by atoms with Crippen LogP contribution in [-0.2, 0) is 4.79 Å². The van der Waals surface area contributed by atoms with Crippen molar-refractivity contribution in [1.82, 2.24) is 5.43 Å². The number of methoxy groups -OCH3 is 1. The predicted molar refractivity (Wildman–Crippen MR) is 115 cm³/mol. The zero-order valence-electron chi connectivity index (χ0n) is 16.4. The molecule has 152 valence electrons. The topological polar surface area (TPSA) is 89.0 Å². The van der Waals surface area contributed by atoms with Gasteiger partial charge in [0, 0.05) is 0 Å². The number of ether oxygens (including phenoxy) is 2. The number of nitrogens with one attached hydrogen (secondary N) is 2. The van der Waals surface area contributed by atoms with E-state index in [1.165, 1.54) is 6.21 Å². The third-order valence-electron chi connectivity index (χ3n) is 4.05. The molecule has 0 heterocycles. The fourth-order valence-electron chi connectivity index (χ4n) is 2.55. The molecule has 0 radical (unpaired) electrons. The van der Waals surface area contributed by atoms with Gasteiger partial charge in [-0.3, -0.25) is 4.79 Å². The maximum absolute atomic E-state index is 12.0. The van der Waals surface area contributed by atoms with E-state index in [1.807, 2.05) is 24.3 Å². The van der Waals surface area contributed by atoms with E-state index in [4.69, 9.17) is 9.47 Å². The highest BCUT2D eigenvalue weighted by Gasteiger charge is 2.07. The van der Waals surface area contributed by atoms with Gasteiger partial charge in [0.2, 0.25) is 0 Å². The molecule has 0 bridgehead atoms. The highest BCUT2D eigenvalue weighted by atomic mass is 16.5. The number of para-hydroxylation sites is 2. The number of carbonyl (C=O) groups is 2. The number of benzene rings is 3. The molecule has 0 spiro atoms. The molecule has 1 amide bonds. The highest BCUT2D eigenvalue weighted by molar-refractivity contribution is 5.91. The predicted octanol–water partition coefficient (Wildman–Crippen LogP) is 3.48. The molecule has 0 aliphatic rings. The number of hydrazone groups is 1. The van der Waals surface area contributed by atoms with Crippen LogP contribution in [0.1, 0.15) is 15.9 Å². The van der Waals surface area contributed by atoms with Crippen LogP contribution in [0.2, 0.25) is 0 Å². The number of amides is 1. The molecule has 7 heteroatoms. The van der Waals surface area contributed by atoms with Crippen LogP contribution >= 0.6 is 0 Å². The Morgan fingerprint density at radius 3 is 2.37 bits per heavy atom. The summed E-state index contributed by atoms with van der Waals surface area (Å²) >= 11 is 0. The Morgan fingerprint density at radius 2 is 1.63 bits per heavy atom. The smallest absolute Gasteiger partial charge is 0.343 e. The monoisotopic (exact) mass is 403 g/mol. The van der Waals surface area contributed by atoms with Crippen molar-refractivity contribution in [1.29, 1.82) is 0 Å². The first-order chi connectivity index (χ1) is 14.7. The van der Waals surface area contributed by atoms with Crippen molar-refractivity contribution in [3.8, 4) is 11.5 Å². The quantitative estimate of drug-likeness (QED) is 0.260. The molecule has 0 aliphatic heterocycles. The minimum Gasteiger partial charge on any atom is -0.495 e. The van der Waals surface area contributed by atoms with Crippen LogP contribution in [0.25, 0.3) is 0 Å². The Kier molecular flexibility index (Phi) is 7.16. The van der Waals surface area contributed by atoms with Gasteiger partial charge in [0.15, 0.2) is 0 Å². The fraction of sp³-hybridized carbons (Fsp3) is 0.0870. The van der Waals surface area contributed by atoms with Gasteiger partial charge in [0.1, 0.15) is 11.5 Å². The maximum Gasteiger partial charge on any atom is 0.343 e. The van der Waals surface area contributed by atoms with Gasteiger partial charge < -0.3 is 14.8 Å². The summed E-state index contributed by atoms with van der Waals surface area (Å²) in [6, 6.07) is 22.9. The van der Waals surface area contributed by atoms with Crippen molar-refractivity contribution in [2.75, 3.05) is 19.0 Å². The molecular formula is C23H21N3O4. The molecule has 3 aromatic carbocycles. The number of hydrogen-bond acceptors (Lipinski definition) is 6. The minimum absolute atomic E-state index is 0.0477. The van der Waals surface area contributed by atoms with Crippen LogP contribution in [0.15, 0.2) is 84.0 Å². The Bertz CT molecular complexity index is 1020. The first-order valence-electron chi connectivity index (χ1n) is 9.22. The summed E-state index contributed by atoms with van der Waals surface area (Å²) in [6.45, 7) is 0.0477. The molecule has 0 aliphatic carbocycles. The second-order valence-corrected chi connectivity index (χ2v) is 6.17. The molecule has 30 heavy (non-hydrogen) atoms. The molecule has 0 unspecified atom stereocenters. The Hall–Kier alpha value is -4.13. The number of nitrogens with zero attached hydrogens (tertiary/aromatic N) is 1. The van der Waals surface area contributed by atoms with Crippen molar-refractivity contribution in [2.24, 2.45) is 5.10 Å². The van der Waals surface area contributed by atoms with Gasteiger partial charge in [0.25, 0.3) is 5.91 Å². The summed E-state index contributed by atoms with van der Waals surface area (Å²) in [6.07, 6.45) is 1.50. The highest BCUT2D eigenvalue weighted by Crippen LogP contribution is 2.22. The van der Waals surface area contributed by atoms with Gasteiger partial charge in [0.05, 0.1) is 31.1 Å². The van der Waals surface area contributed by atoms with E-state index in [-0.39, 0.29) is 12.5 Å². The van der Waals surface area contributed by atoms with Crippen molar-refractivity contribution >= 4 is 23.8 Å². The lowest BCUT2D eigenvalue weighted by molar-refractivity contribution is -0.119. The van der Waals surface area contributed by atoms with E-state index in [9.17, 15) is 9.59 Å². The van der Waals surface area contributed by atoms with E-state index in [0.717, 1.165) is 11.3 Å². The second-order valence-electron chi connectivity index (χ2n) is 6.17. The molecule has 7 nitrogen and oxygen atoms in total. The third kappa shape index (κ3) is 5.93. The van der Waals surface area contributed by atoms with Crippen LogP contribution in [0.4, 0.5) is 5.69 Å². The summed E-state index contributed by atoms with van der Waals surface area (Å²) in [5.41, 5.74) is 4.39. The summed E-state index contributed by atoms with van der Waals surface area (Å²) in [4.78, 5) is 24.0. The third-order valence-corrected chi connectivity index (χ3v) is 4.05. The number of hydrogen-bond donors (Lipinski definition) is 2.